The molecule has 0 amide bonds. The van der Waals surface area contributed by atoms with E-state index in [4.69, 9.17) is 25.5 Å². The van der Waals surface area contributed by atoms with E-state index in [1.54, 1.807) is 0 Å². The Kier molecular flexibility index (Phi) is 9.71. The molecule has 0 fully saturated rings. The van der Waals surface area contributed by atoms with Crippen LogP contribution < -0.4 is 0 Å². The molecule has 0 saturated carbocycles. The van der Waals surface area contributed by atoms with Gasteiger partial charge < -0.3 is 25.5 Å². The molecule has 0 bridgehead atoms. The van der Waals surface area contributed by atoms with E-state index in [1.807, 2.05) is 0 Å². The Bertz CT molecular complexity index is 80.9. The fourth-order valence-corrected chi connectivity index (χ4v) is 0.472. The minimum atomic E-state index is -1.49. The molecule has 0 aromatic heterocycles. The number of aliphatic hydroxyl groups excluding tert-OH is 5. The van der Waals surface area contributed by atoms with E-state index < -0.39 is 31.5 Å². The van der Waals surface area contributed by atoms with Crippen LogP contribution in [0.3, 0.4) is 0 Å². The first-order valence-corrected chi connectivity index (χ1v) is 2.89. The molecule has 0 aliphatic rings. The van der Waals surface area contributed by atoms with Gasteiger partial charge in [0.25, 0.3) is 0 Å². The van der Waals surface area contributed by atoms with E-state index in [1.165, 1.54) is 0 Å². The predicted molar refractivity (Wildman–Crippen MR) is 39.3 cm³/mol. The summed E-state index contributed by atoms with van der Waals surface area (Å²) in [6.45, 7) is -1.28. The number of rotatable bonds is 4. The molecule has 2 unspecified atom stereocenters. The predicted octanol–water partition coefficient (Wildman–Crippen LogP) is -3.59. The molecule has 2 atom stereocenters. The number of hydrogen-bond donors (Lipinski definition) is 5. The van der Waals surface area contributed by atoms with Gasteiger partial charge >= 0.3 is 29.6 Å². The van der Waals surface area contributed by atoms with Crippen molar-refractivity contribution in [2.24, 2.45) is 0 Å². The summed E-state index contributed by atoms with van der Waals surface area (Å²) in [5.74, 6) is 0. The quantitative estimate of drug-likeness (QED) is 0.285. The third-order valence-electron chi connectivity index (χ3n) is 1.16. The van der Waals surface area contributed by atoms with Gasteiger partial charge in [0.05, 0.1) is 13.2 Å². The molecule has 0 saturated heterocycles. The van der Waals surface area contributed by atoms with Crippen LogP contribution in [0.4, 0.5) is 0 Å². The van der Waals surface area contributed by atoms with E-state index in [2.05, 4.69) is 0 Å². The molecule has 6 heteroatoms. The van der Waals surface area contributed by atoms with Crippen molar-refractivity contribution in [1.82, 2.24) is 0 Å². The van der Waals surface area contributed by atoms with Gasteiger partial charge in [0, 0.05) is 0 Å². The van der Waals surface area contributed by atoms with Crippen LogP contribution in [0.15, 0.2) is 0 Å². The second-order valence-corrected chi connectivity index (χ2v) is 1.99. The zero-order valence-corrected chi connectivity index (χ0v) is 5.38. The summed E-state index contributed by atoms with van der Waals surface area (Å²) in [6, 6.07) is 0. The fraction of sp³-hybridized carbons (Fsp3) is 1.00. The Morgan fingerprint density at radius 2 is 1.09 bits per heavy atom. The summed E-state index contributed by atoms with van der Waals surface area (Å²) in [7, 11) is 0. The van der Waals surface area contributed by atoms with Gasteiger partial charge in [-0.15, -0.1) is 0 Å². The minimum absolute atomic E-state index is 0. The van der Waals surface area contributed by atoms with Gasteiger partial charge in [-0.25, -0.2) is 0 Å². The summed E-state index contributed by atoms with van der Waals surface area (Å²) in [6.07, 6.45) is -4.29. The molecule has 0 spiro atoms. The van der Waals surface area contributed by atoms with E-state index in [-0.39, 0.29) is 29.6 Å². The summed E-state index contributed by atoms with van der Waals surface area (Å²) in [5, 5.41) is 42.6. The van der Waals surface area contributed by atoms with Crippen LogP contribution in [0.25, 0.3) is 0 Å². The van der Waals surface area contributed by atoms with Crippen molar-refractivity contribution in [2.45, 2.75) is 18.3 Å². The van der Waals surface area contributed by atoms with Crippen molar-refractivity contribution in [3.8, 4) is 0 Å². The van der Waals surface area contributed by atoms with Crippen molar-refractivity contribution in [3.63, 3.8) is 0 Å². The average Bonchev–Trinajstić information content (AvgIpc) is 2.00. The van der Waals surface area contributed by atoms with Crippen molar-refractivity contribution in [3.05, 3.63) is 0 Å². The molecule has 0 heterocycles. The van der Waals surface area contributed by atoms with Crippen molar-refractivity contribution < 1.29 is 25.5 Å². The van der Waals surface area contributed by atoms with Gasteiger partial charge in [0.15, 0.2) is 0 Å². The third-order valence-corrected chi connectivity index (χ3v) is 1.16. The Labute approximate surface area is 86.6 Å². The van der Waals surface area contributed by atoms with Gasteiger partial charge in [-0.1, -0.05) is 0 Å². The number of hydrogen-bond acceptors (Lipinski definition) is 5. The second kappa shape index (κ2) is 7.45. The van der Waals surface area contributed by atoms with Crippen molar-refractivity contribution in [1.29, 1.82) is 0 Å². The van der Waals surface area contributed by atoms with Crippen molar-refractivity contribution in [2.75, 3.05) is 13.2 Å². The Morgan fingerprint density at radius 1 is 0.818 bits per heavy atom. The molecule has 0 rings (SSSR count). The number of aliphatic hydroxyl groups is 5. The van der Waals surface area contributed by atoms with Crippen LogP contribution in [0, 0.1) is 0 Å². The van der Waals surface area contributed by atoms with E-state index in [0.717, 1.165) is 0 Å². The van der Waals surface area contributed by atoms with Gasteiger partial charge in [0.1, 0.15) is 18.3 Å². The molecular formula is C5H13NaO5. The van der Waals surface area contributed by atoms with Crippen molar-refractivity contribution >= 4 is 29.6 Å². The van der Waals surface area contributed by atoms with Gasteiger partial charge in [-0.2, -0.15) is 0 Å². The SMILES string of the molecule is OCC(O)C(O)C(O)CO.[NaH]. The molecule has 0 aromatic carbocycles. The zero-order chi connectivity index (χ0) is 8.15. The van der Waals surface area contributed by atoms with Crippen LogP contribution >= 0.6 is 0 Å². The normalized spacial score (nSPS) is 18.3. The van der Waals surface area contributed by atoms with Crippen LogP contribution in [0.1, 0.15) is 0 Å². The maximum atomic E-state index is 8.77. The first-order valence-electron chi connectivity index (χ1n) is 2.89. The summed E-state index contributed by atoms with van der Waals surface area (Å²) in [4.78, 5) is 0. The summed E-state index contributed by atoms with van der Waals surface area (Å²) < 4.78 is 0. The monoisotopic (exact) mass is 176 g/mol. The molecule has 5 N–H and O–H groups in total. The maximum absolute atomic E-state index is 8.77. The summed E-state index contributed by atoms with van der Waals surface area (Å²) >= 11 is 0. The molecular weight excluding hydrogens is 163 g/mol. The van der Waals surface area contributed by atoms with E-state index >= 15 is 0 Å². The second-order valence-electron chi connectivity index (χ2n) is 1.99. The fourth-order valence-electron chi connectivity index (χ4n) is 0.472. The van der Waals surface area contributed by atoms with Crippen LogP contribution in [0.5, 0.6) is 0 Å². The molecule has 11 heavy (non-hydrogen) atoms. The van der Waals surface area contributed by atoms with Gasteiger partial charge in [0.2, 0.25) is 0 Å². The molecule has 0 aliphatic carbocycles. The standard InChI is InChI=1S/C5H12O5.Na.H/c6-1-3(8)5(10)4(9)2-7;;/h3-10H,1-2H2;;. The van der Waals surface area contributed by atoms with Crippen LogP contribution in [-0.2, 0) is 0 Å². The third kappa shape index (κ3) is 5.10. The average molecular weight is 176 g/mol. The van der Waals surface area contributed by atoms with E-state index in [0.29, 0.717) is 0 Å². The first kappa shape index (κ1) is 14.3. The molecule has 0 aromatic rings. The summed E-state index contributed by atoms with van der Waals surface area (Å²) in [5.41, 5.74) is 0. The van der Waals surface area contributed by atoms with Crippen LogP contribution in [-0.4, -0.2) is 86.6 Å². The Balaban J connectivity index is 0. The Morgan fingerprint density at radius 3 is 1.27 bits per heavy atom. The molecule has 5 nitrogen and oxygen atoms in total. The van der Waals surface area contributed by atoms with E-state index in [9.17, 15) is 0 Å². The zero-order valence-electron chi connectivity index (χ0n) is 5.38. The topological polar surface area (TPSA) is 101 Å². The molecule has 0 aliphatic heterocycles. The molecule has 0 radical (unpaired) electrons. The Hall–Kier alpha value is 0.800. The van der Waals surface area contributed by atoms with Gasteiger partial charge in [-0.05, 0) is 0 Å². The first-order chi connectivity index (χ1) is 4.63. The van der Waals surface area contributed by atoms with Crippen LogP contribution in [0.2, 0.25) is 0 Å². The van der Waals surface area contributed by atoms with Gasteiger partial charge in [-0.3, -0.25) is 0 Å². The molecule has 64 valence electrons.